The van der Waals surface area contributed by atoms with E-state index in [-0.39, 0.29) is 5.69 Å². The minimum atomic E-state index is -0.505. The zero-order chi connectivity index (χ0) is 13.5. The second kappa shape index (κ2) is 6.45. The number of ether oxygens (including phenoxy) is 1. The largest absolute Gasteiger partial charge is 0.385 e. The van der Waals surface area contributed by atoms with Gasteiger partial charge in [0.05, 0.1) is 17.2 Å². The van der Waals surface area contributed by atoms with Crippen molar-refractivity contribution < 1.29 is 14.5 Å². The fourth-order valence-electron chi connectivity index (χ4n) is 1.19. The lowest BCUT2D eigenvalue weighted by Crippen LogP contribution is -1.93. The maximum absolute atomic E-state index is 10.5. The Morgan fingerprint density at radius 3 is 2.78 bits per heavy atom. The number of hydrogen-bond donors (Lipinski definition) is 0. The van der Waals surface area contributed by atoms with Crippen LogP contribution < -0.4 is 0 Å². The van der Waals surface area contributed by atoms with E-state index in [4.69, 9.17) is 0 Å². The summed E-state index contributed by atoms with van der Waals surface area (Å²) in [5, 5.41) is 10.4. The van der Waals surface area contributed by atoms with Crippen LogP contribution in [0.25, 0.3) is 5.65 Å². The van der Waals surface area contributed by atoms with E-state index >= 15 is 0 Å². The molecule has 0 unspecified atom stereocenters. The van der Waals surface area contributed by atoms with E-state index in [2.05, 4.69) is 9.72 Å². The van der Waals surface area contributed by atoms with Crippen LogP contribution in [0, 0.1) is 10.1 Å². The molecule has 0 fully saturated rings. The topological polar surface area (TPSA) is 86.7 Å². The number of pyridine rings is 1. The first-order chi connectivity index (χ1) is 8.63. The number of nitrogens with zero attached hydrogens (tertiary/aromatic N) is 3. The maximum Gasteiger partial charge on any atom is 0.274 e. The summed E-state index contributed by atoms with van der Waals surface area (Å²) < 4.78 is 6.03. The Balaban J connectivity index is 0.000000357. The first kappa shape index (κ1) is 13.8. The van der Waals surface area contributed by atoms with Crippen LogP contribution in [0.1, 0.15) is 17.4 Å². The molecular weight excluding hydrogens is 238 g/mol. The summed E-state index contributed by atoms with van der Waals surface area (Å²) in [7, 11) is 1.68. The normalized spacial score (nSPS) is 9.67. The van der Waals surface area contributed by atoms with Crippen LogP contribution in [0.3, 0.4) is 0 Å². The molecule has 18 heavy (non-hydrogen) atoms. The lowest BCUT2D eigenvalue weighted by atomic mass is 10.4. The van der Waals surface area contributed by atoms with Crippen LogP contribution in [0.15, 0.2) is 24.5 Å². The molecule has 96 valence electrons. The van der Waals surface area contributed by atoms with Crippen molar-refractivity contribution in [3.05, 3.63) is 40.3 Å². The second-order valence-electron chi connectivity index (χ2n) is 3.25. The Labute approximate surface area is 103 Å². The summed E-state index contributed by atoms with van der Waals surface area (Å²) in [6.07, 6.45) is 3.46. The number of nitro groups is 1. The molecule has 0 bridgehead atoms. The van der Waals surface area contributed by atoms with Crippen LogP contribution in [0.5, 0.6) is 0 Å². The van der Waals surface area contributed by atoms with Gasteiger partial charge in [0.25, 0.3) is 5.69 Å². The van der Waals surface area contributed by atoms with Crippen LogP contribution in [0.2, 0.25) is 0 Å². The van der Waals surface area contributed by atoms with Gasteiger partial charge < -0.3 is 4.74 Å². The van der Waals surface area contributed by atoms with Gasteiger partial charge in [-0.25, -0.2) is 4.98 Å². The predicted molar refractivity (Wildman–Crippen MR) is 64.8 cm³/mol. The van der Waals surface area contributed by atoms with Crippen LogP contribution in [0.4, 0.5) is 5.69 Å². The summed E-state index contributed by atoms with van der Waals surface area (Å²) in [5.41, 5.74) is 0.719. The highest BCUT2D eigenvalue weighted by molar-refractivity contribution is 5.74. The quantitative estimate of drug-likeness (QED) is 0.470. The van der Waals surface area contributed by atoms with E-state index in [9.17, 15) is 14.9 Å². The summed E-state index contributed by atoms with van der Waals surface area (Å²) in [4.78, 5) is 24.3. The van der Waals surface area contributed by atoms with Gasteiger partial charge in [-0.2, -0.15) is 0 Å². The minimum Gasteiger partial charge on any atom is -0.385 e. The molecule has 0 radical (unpaired) electrons. The third-order valence-corrected chi connectivity index (χ3v) is 2.15. The van der Waals surface area contributed by atoms with E-state index in [1.165, 1.54) is 28.9 Å². The third-order valence-electron chi connectivity index (χ3n) is 2.15. The molecule has 0 N–H and O–H groups in total. The molecule has 0 saturated heterocycles. The second-order valence-corrected chi connectivity index (χ2v) is 3.25. The highest BCUT2D eigenvalue weighted by Crippen LogP contribution is 2.14. The van der Waals surface area contributed by atoms with Gasteiger partial charge in [-0.3, -0.25) is 19.3 Å². The maximum atomic E-state index is 10.5. The van der Waals surface area contributed by atoms with E-state index in [0.29, 0.717) is 17.6 Å². The van der Waals surface area contributed by atoms with Crippen molar-refractivity contribution in [2.75, 3.05) is 13.7 Å². The third kappa shape index (κ3) is 3.11. The molecule has 7 heteroatoms. The molecule has 0 amide bonds. The Morgan fingerprint density at radius 1 is 1.61 bits per heavy atom. The molecule has 7 nitrogen and oxygen atoms in total. The van der Waals surface area contributed by atoms with Crippen LogP contribution >= 0.6 is 0 Å². The summed E-state index contributed by atoms with van der Waals surface area (Å²) in [6.45, 7) is 2.78. The number of aromatic nitrogens is 2. The van der Waals surface area contributed by atoms with Crippen molar-refractivity contribution >= 4 is 17.6 Å². The fraction of sp³-hybridized carbons (Fsp3) is 0.273. The number of fused-ring (bicyclic) bond motifs is 1. The Kier molecular flexibility index (Phi) is 4.94. The number of hydrogen-bond acceptors (Lipinski definition) is 5. The van der Waals surface area contributed by atoms with E-state index in [0.717, 1.165) is 6.61 Å². The van der Waals surface area contributed by atoms with Gasteiger partial charge in [-0.05, 0) is 6.92 Å². The molecule has 2 aromatic rings. The molecule has 0 aliphatic heterocycles. The molecule has 2 rings (SSSR count). The zero-order valence-corrected chi connectivity index (χ0v) is 10.1. The summed E-state index contributed by atoms with van der Waals surface area (Å²) >= 11 is 0. The van der Waals surface area contributed by atoms with Gasteiger partial charge in [0.15, 0.2) is 6.29 Å². The van der Waals surface area contributed by atoms with Gasteiger partial charge in [0.1, 0.15) is 11.3 Å². The number of carbonyl (C=O) groups is 1. The van der Waals surface area contributed by atoms with Crippen molar-refractivity contribution in [1.82, 2.24) is 9.38 Å². The molecule has 0 aromatic carbocycles. The number of methoxy groups -OCH3 is 1. The van der Waals surface area contributed by atoms with E-state index in [1.807, 2.05) is 6.92 Å². The van der Waals surface area contributed by atoms with E-state index < -0.39 is 4.92 Å². The zero-order valence-electron chi connectivity index (χ0n) is 10.1. The van der Waals surface area contributed by atoms with Crippen molar-refractivity contribution in [3.63, 3.8) is 0 Å². The highest BCUT2D eigenvalue weighted by atomic mass is 16.6. The van der Waals surface area contributed by atoms with Gasteiger partial charge in [0.2, 0.25) is 0 Å². The van der Waals surface area contributed by atoms with Gasteiger partial charge in [-0.1, -0.05) is 0 Å². The summed E-state index contributed by atoms with van der Waals surface area (Å²) in [5.74, 6) is 0. The Morgan fingerprint density at radius 2 is 2.28 bits per heavy atom. The molecule has 0 aliphatic carbocycles. The average Bonchev–Trinajstić information content (AvgIpc) is 2.81. The number of carbonyl (C=O) groups excluding carboxylic acids is 1. The van der Waals surface area contributed by atoms with Crippen LogP contribution in [-0.4, -0.2) is 34.3 Å². The minimum absolute atomic E-state index is 0.0412. The van der Waals surface area contributed by atoms with Gasteiger partial charge in [0, 0.05) is 26.0 Å². The molecular formula is C11H13N3O4. The lowest BCUT2D eigenvalue weighted by molar-refractivity contribution is -0.384. The summed E-state index contributed by atoms with van der Waals surface area (Å²) in [6, 6.07) is 2.63. The van der Waals surface area contributed by atoms with Crippen molar-refractivity contribution in [1.29, 1.82) is 0 Å². The van der Waals surface area contributed by atoms with Crippen LogP contribution in [-0.2, 0) is 4.74 Å². The highest BCUT2D eigenvalue weighted by Gasteiger charge is 2.08. The van der Waals surface area contributed by atoms with Gasteiger partial charge >= 0.3 is 0 Å². The Hall–Kier alpha value is -2.28. The molecule has 2 aromatic heterocycles. The standard InChI is InChI=1S/C8H5N3O3.C3H8O/c12-5-7-4-9-8-3-6(11(13)14)1-2-10(7)8;1-3-4-2/h1-5H;3H2,1-2H3. The first-order valence-corrected chi connectivity index (χ1v) is 5.19. The number of aldehydes is 1. The van der Waals surface area contributed by atoms with Crippen molar-refractivity contribution in [2.24, 2.45) is 0 Å². The lowest BCUT2D eigenvalue weighted by Gasteiger charge is -1.94. The smallest absolute Gasteiger partial charge is 0.274 e. The number of rotatable bonds is 3. The molecule has 0 atom stereocenters. The van der Waals surface area contributed by atoms with Gasteiger partial charge in [-0.15, -0.1) is 0 Å². The monoisotopic (exact) mass is 251 g/mol. The molecule has 2 heterocycles. The average molecular weight is 251 g/mol. The molecule has 0 aliphatic rings. The number of imidazole rings is 1. The SMILES string of the molecule is CCOC.O=Cc1cnc2cc([N+](=O)[O-])ccn12. The van der Waals surface area contributed by atoms with Crippen molar-refractivity contribution in [2.45, 2.75) is 6.92 Å². The predicted octanol–water partition coefficient (Wildman–Crippen LogP) is 1.71. The molecule has 0 spiro atoms. The fourth-order valence-corrected chi connectivity index (χ4v) is 1.19. The first-order valence-electron chi connectivity index (χ1n) is 5.19. The molecule has 0 saturated carbocycles. The van der Waals surface area contributed by atoms with Crippen molar-refractivity contribution in [3.8, 4) is 0 Å². The van der Waals surface area contributed by atoms with E-state index in [1.54, 1.807) is 7.11 Å². The Bertz CT molecular complexity index is 548.